The van der Waals surface area contributed by atoms with Crippen LogP contribution in [0.3, 0.4) is 0 Å². The van der Waals surface area contributed by atoms with Gasteiger partial charge in [-0.1, -0.05) is 91.2 Å². The van der Waals surface area contributed by atoms with E-state index in [0.29, 0.717) is 36.8 Å². The molecule has 0 aromatic heterocycles. The van der Waals surface area contributed by atoms with Crippen molar-refractivity contribution in [1.82, 2.24) is 10.6 Å². The zero-order valence-electron chi connectivity index (χ0n) is 35.7. The van der Waals surface area contributed by atoms with Gasteiger partial charge in [0.25, 0.3) is 0 Å². The van der Waals surface area contributed by atoms with Crippen LogP contribution in [0.4, 0.5) is 0 Å². The molecule has 2 aromatic carbocycles. The second kappa shape index (κ2) is 28.6. The molecule has 2 aromatic rings. The number of nitrogens with one attached hydrogen (secondary N) is 2. The van der Waals surface area contributed by atoms with E-state index in [1.54, 1.807) is 36.4 Å². The molecular weight excluding hydrogens is 748 g/mol. The summed E-state index contributed by atoms with van der Waals surface area (Å²) in [6.07, 6.45) is 10.8. The Labute approximate surface area is 347 Å². The monoisotopic (exact) mass is 816 g/mol. The maximum atomic E-state index is 14.8. The van der Waals surface area contributed by atoms with Crippen LogP contribution in [0.15, 0.2) is 36.4 Å². The van der Waals surface area contributed by atoms with Gasteiger partial charge in [-0.05, 0) is 88.8 Å². The van der Waals surface area contributed by atoms with E-state index >= 15 is 0 Å². The first-order chi connectivity index (χ1) is 26.8. The SMILES string of the molecule is CCCCCC(=O)Oc1ccc(C(NC(C)C)C(=O)C(NC(C)C)c2ccc(OC(=O)CCCCC)c(OC(=O)CCCCC)c2)cc1OC(=O)CCCCC.Cl. The molecule has 11 nitrogen and oxygen atoms in total. The topological polar surface area (TPSA) is 146 Å². The van der Waals surface area contributed by atoms with E-state index < -0.39 is 36.0 Å². The number of carbonyl (C=O) groups excluding carboxylic acids is 5. The summed E-state index contributed by atoms with van der Waals surface area (Å²) in [7, 11) is 0. The molecule has 0 aliphatic heterocycles. The van der Waals surface area contributed by atoms with Crippen LogP contribution in [0, 0.1) is 0 Å². The Morgan fingerprint density at radius 2 is 0.737 bits per heavy atom. The molecule has 2 atom stereocenters. The second-order valence-corrected chi connectivity index (χ2v) is 15.0. The Morgan fingerprint density at radius 1 is 0.456 bits per heavy atom. The van der Waals surface area contributed by atoms with Gasteiger partial charge >= 0.3 is 23.9 Å². The fourth-order valence-corrected chi connectivity index (χ4v) is 6.03. The Kier molecular flexibility index (Phi) is 25.7. The average molecular weight is 818 g/mol. The molecule has 2 N–H and O–H groups in total. The van der Waals surface area contributed by atoms with Crippen molar-refractivity contribution in [2.24, 2.45) is 0 Å². The smallest absolute Gasteiger partial charge is 0.311 e. The van der Waals surface area contributed by atoms with Crippen LogP contribution < -0.4 is 29.6 Å². The molecule has 0 radical (unpaired) electrons. The summed E-state index contributed by atoms with van der Waals surface area (Å²) in [6, 6.07) is 7.58. The lowest BCUT2D eigenvalue weighted by molar-refractivity contribution is -0.137. The van der Waals surface area contributed by atoms with Crippen LogP contribution in [0.1, 0.15) is 181 Å². The lowest BCUT2D eigenvalue weighted by Crippen LogP contribution is -2.42. The molecule has 320 valence electrons. The van der Waals surface area contributed by atoms with Crippen LogP contribution in [0.2, 0.25) is 0 Å². The summed E-state index contributed by atoms with van der Waals surface area (Å²) in [4.78, 5) is 66.3. The van der Waals surface area contributed by atoms with Gasteiger partial charge in [-0.2, -0.15) is 0 Å². The van der Waals surface area contributed by atoms with Gasteiger partial charge in [0.15, 0.2) is 28.8 Å². The minimum Gasteiger partial charge on any atom is -0.423 e. The molecule has 0 bridgehead atoms. The molecular formula is C45H69ClN2O9. The van der Waals surface area contributed by atoms with Gasteiger partial charge in [-0.15, -0.1) is 12.4 Å². The highest BCUT2D eigenvalue weighted by molar-refractivity contribution is 5.92. The fourth-order valence-electron chi connectivity index (χ4n) is 6.03. The number of Topliss-reactive ketones (excluding diaryl/α,β-unsaturated/α-hetero) is 1. The third-order valence-electron chi connectivity index (χ3n) is 9.00. The van der Waals surface area contributed by atoms with Crippen molar-refractivity contribution in [3.8, 4) is 23.0 Å². The quantitative estimate of drug-likeness (QED) is 0.0480. The number of hydrogen-bond donors (Lipinski definition) is 2. The van der Waals surface area contributed by atoms with Gasteiger partial charge in [0.1, 0.15) is 0 Å². The van der Waals surface area contributed by atoms with E-state index in [9.17, 15) is 24.0 Å². The largest absolute Gasteiger partial charge is 0.423 e. The first-order valence-electron chi connectivity index (χ1n) is 21.0. The van der Waals surface area contributed by atoms with Crippen molar-refractivity contribution in [2.45, 2.75) is 182 Å². The average Bonchev–Trinajstić information content (AvgIpc) is 3.14. The number of ketones is 1. The van der Waals surface area contributed by atoms with Crippen LogP contribution in [-0.2, 0) is 24.0 Å². The minimum absolute atomic E-state index is 0. The van der Waals surface area contributed by atoms with E-state index in [1.165, 1.54) is 0 Å². The summed E-state index contributed by atoms with van der Waals surface area (Å²) in [5.74, 6) is -1.70. The zero-order valence-corrected chi connectivity index (χ0v) is 36.5. The standard InChI is InChI=1S/C45H68N2O9.ClH/c1-9-13-17-21-39(48)53-35-27-25-33(29-37(35)55-41(50)23-19-15-11-3)43(46-31(5)6)45(52)44(47-32(7)8)34-26-28-36(54-40(49)22-18-14-10-2)38(30-34)56-42(51)24-20-16-12-4;/h25-32,43-44,46-47H,9-24H2,1-8H3;1H. The Morgan fingerprint density at radius 3 is 1.00 bits per heavy atom. The van der Waals surface area contributed by atoms with Crippen molar-refractivity contribution in [3.05, 3.63) is 47.5 Å². The summed E-state index contributed by atoms with van der Waals surface area (Å²) in [6.45, 7) is 15.9. The Balaban J connectivity index is 0.0000162. The zero-order chi connectivity index (χ0) is 41.5. The molecule has 0 saturated carbocycles. The summed E-state index contributed by atoms with van der Waals surface area (Å²) < 4.78 is 23.0. The Hall–Kier alpha value is -3.80. The number of unbranched alkanes of at least 4 members (excludes halogenated alkanes) is 8. The third kappa shape index (κ3) is 19.5. The van der Waals surface area contributed by atoms with E-state index in [2.05, 4.69) is 24.5 Å². The molecule has 0 aliphatic carbocycles. The third-order valence-corrected chi connectivity index (χ3v) is 9.00. The van der Waals surface area contributed by atoms with Gasteiger partial charge in [0.05, 0.1) is 12.1 Å². The molecule has 2 unspecified atom stereocenters. The number of hydrogen-bond acceptors (Lipinski definition) is 11. The highest BCUT2D eigenvalue weighted by Gasteiger charge is 2.32. The van der Waals surface area contributed by atoms with Crippen LogP contribution in [-0.4, -0.2) is 41.7 Å². The summed E-state index contributed by atoms with van der Waals surface area (Å²) >= 11 is 0. The number of benzene rings is 2. The molecule has 0 spiro atoms. The number of rotatable bonds is 28. The highest BCUT2D eigenvalue weighted by Crippen LogP contribution is 2.36. The first-order valence-corrected chi connectivity index (χ1v) is 21.0. The lowest BCUT2D eigenvalue weighted by Gasteiger charge is -2.28. The van der Waals surface area contributed by atoms with E-state index in [1.807, 2.05) is 41.5 Å². The molecule has 2 rings (SSSR count). The number of esters is 4. The molecule has 0 fully saturated rings. The van der Waals surface area contributed by atoms with Gasteiger partial charge in [0, 0.05) is 37.8 Å². The molecule has 57 heavy (non-hydrogen) atoms. The van der Waals surface area contributed by atoms with Gasteiger partial charge in [-0.25, -0.2) is 0 Å². The maximum Gasteiger partial charge on any atom is 0.311 e. The second-order valence-electron chi connectivity index (χ2n) is 15.0. The van der Waals surface area contributed by atoms with Crippen molar-refractivity contribution >= 4 is 42.1 Å². The highest BCUT2D eigenvalue weighted by atomic mass is 35.5. The summed E-state index contributed by atoms with van der Waals surface area (Å²) in [5, 5.41) is 6.76. The van der Waals surface area contributed by atoms with Crippen molar-refractivity contribution in [2.75, 3.05) is 0 Å². The molecule has 0 saturated heterocycles. The number of carbonyl (C=O) groups is 5. The van der Waals surface area contributed by atoms with E-state index in [0.717, 1.165) is 51.4 Å². The van der Waals surface area contributed by atoms with E-state index in [-0.39, 0.29) is 79.0 Å². The van der Waals surface area contributed by atoms with Gasteiger partial charge < -0.3 is 29.6 Å². The van der Waals surface area contributed by atoms with Gasteiger partial charge in [-0.3, -0.25) is 24.0 Å². The molecule has 0 amide bonds. The Bertz CT molecular complexity index is 1430. The number of ether oxygens (including phenoxy) is 4. The molecule has 0 aliphatic rings. The predicted octanol–water partition coefficient (Wildman–Crippen LogP) is 10.4. The fraction of sp³-hybridized carbons (Fsp3) is 0.622. The van der Waals surface area contributed by atoms with Crippen LogP contribution in [0.5, 0.6) is 23.0 Å². The first kappa shape index (κ1) is 51.2. The molecule has 0 heterocycles. The van der Waals surface area contributed by atoms with Crippen molar-refractivity contribution < 1.29 is 42.9 Å². The number of halogens is 1. The maximum absolute atomic E-state index is 14.8. The van der Waals surface area contributed by atoms with Crippen molar-refractivity contribution in [3.63, 3.8) is 0 Å². The summed E-state index contributed by atoms with van der Waals surface area (Å²) in [5.41, 5.74) is 1.00. The van der Waals surface area contributed by atoms with Gasteiger partial charge in [0.2, 0.25) is 0 Å². The minimum atomic E-state index is -0.908. The van der Waals surface area contributed by atoms with Crippen LogP contribution in [0.25, 0.3) is 0 Å². The normalized spacial score (nSPS) is 12.1. The van der Waals surface area contributed by atoms with Crippen molar-refractivity contribution in [1.29, 1.82) is 0 Å². The molecule has 12 heteroatoms. The van der Waals surface area contributed by atoms with E-state index in [4.69, 9.17) is 18.9 Å². The predicted molar refractivity (Wildman–Crippen MR) is 226 cm³/mol. The van der Waals surface area contributed by atoms with Crippen LogP contribution >= 0.6 is 12.4 Å². The lowest BCUT2D eigenvalue weighted by atomic mass is 9.91.